The Bertz CT molecular complexity index is 648. The molecule has 8 nitrogen and oxygen atoms in total. The van der Waals surface area contributed by atoms with Crippen molar-refractivity contribution in [3.05, 3.63) is 24.3 Å². The molecule has 0 aromatic carbocycles. The van der Waals surface area contributed by atoms with E-state index in [1.807, 2.05) is 0 Å². The molecule has 2 aliphatic rings. The van der Waals surface area contributed by atoms with Crippen LogP contribution in [0.4, 0.5) is 0 Å². The Kier molecular flexibility index (Phi) is 6.38. The number of rotatable bonds is 4. The van der Waals surface area contributed by atoms with Crippen LogP contribution in [0.5, 0.6) is 0 Å². The summed E-state index contributed by atoms with van der Waals surface area (Å²) >= 11 is 0. The fourth-order valence-corrected chi connectivity index (χ4v) is 4.05. The third-order valence-corrected chi connectivity index (χ3v) is 5.50. The second-order valence-electron chi connectivity index (χ2n) is 7.71. The molecule has 1 aromatic heterocycles. The lowest BCUT2D eigenvalue weighted by molar-refractivity contribution is -0.120. The highest BCUT2D eigenvalue weighted by Gasteiger charge is 2.34. The van der Waals surface area contributed by atoms with Crippen molar-refractivity contribution in [3.8, 4) is 0 Å². The normalized spacial score (nSPS) is 25.0. The number of amides is 2. The largest absolute Gasteiger partial charge is 0.388 e. The smallest absolute Gasteiger partial charge is 0.274 e. The van der Waals surface area contributed by atoms with E-state index < -0.39 is 5.60 Å². The molecule has 0 spiro atoms. The van der Waals surface area contributed by atoms with Gasteiger partial charge in [0.1, 0.15) is 5.69 Å². The summed E-state index contributed by atoms with van der Waals surface area (Å²) < 4.78 is 0. The van der Waals surface area contributed by atoms with Crippen LogP contribution in [-0.2, 0) is 4.79 Å². The molecular formula is C19H29N5O3. The summed E-state index contributed by atoms with van der Waals surface area (Å²) in [6.07, 6.45) is 8.38. The first-order valence-corrected chi connectivity index (χ1v) is 9.72. The topological polar surface area (TPSA) is 98.7 Å². The maximum absolute atomic E-state index is 12.6. The van der Waals surface area contributed by atoms with Crippen LogP contribution in [0.25, 0.3) is 0 Å². The summed E-state index contributed by atoms with van der Waals surface area (Å²) in [5.41, 5.74) is -0.430. The van der Waals surface area contributed by atoms with Crippen LogP contribution < -0.4 is 5.32 Å². The predicted molar refractivity (Wildman–Crippen MR) is 100 cm³/mol. The molecule has 0 bridgehead atoms. The van der Waals surface area contributed by atoms with E-state index in [2.05, 4.69) is 20.2 Å². The first kappa shape index (κ1) is 19.7. The number of aromatic nitrogens is 2. The Balaban J connectivity index is 1.51. The number of carbonyl (C=O) groups excluding carboxylic acids is 2. The third kappa shape index (κ3) is 5.46. The van der Waals surface area contributed by atoms with Gasteiger partial charge < -0.3 is 20.2 Å². The van der Waals surface area contributed by atoms with Crippen LogP contribution in [0, 0.1) is 0 Å². The maximum atomic E-state index is 12.6. The first-order valence-electron chi connectivity index (χ1n) is 9.72. The highest BCUT2D eigenvalue weighted by molar-refractivity contribution is 5.91. The van der Waals surface area contributed by atoms with Gasteiger partial charge in [-0.25, -0.2) is 4.98 Å². The zero-order chi connectivity index (χ0) is 19.3. The molecule has 3 heterocycles. The molecule has 1 aromatic rings. The molecule has 2 N–H and O–H groups in total. The van der Waals surface area contributed by atoms with Crippen LogP contribution in [0.2, 0.25) is 0 Å². The van der Waals surface area contributed by atoms with E-state index in [1.165, 1.54) is 12.4 Å². The molecule has 2 amide bonds. The molecule has 1 atom stereocenters. The van der Waals surface area contributed by atoms with Gasteiger partial charge in [-0.15, -0.1) is 0 Å². The maximum Gasteiger partial charge on any atom is 0.274 e. The lowest BCUT2D eigenvalue weighted by Crippen LogP contribution is -2.50. The van der Waals surface area contributed by atoms with E-state index in [-0.39, 0.29) is 17.9 Å². The fourth-order valence-electron chi connectivity index (χ4n) is 4.05. The van der Waals surface area contributed by atoms with Crippen molar-refractivity contribution in [3.63, 3.8) is 0 Å². The van der Waals surface area contributed by atoms with E-state index in [9.17, 15) is 14.7 Å². The molecule has 2 fully saturated rings. The molecule has 2 aliphatic heterocycles. The number of β-amino-alcohol motifs (C(OH)–C–C–N with tert-alkyl or cyclic N) is 1. The molecule has 0 radical (unpaired) electrons. The van der Waals surface area contributed by atoms with Crippen molar-refractivity contribution < 1.29 is 14.7 Å². The van der Waals surface area contributed by atoms with Gasteiger partial charge in [0.25, 0.3) is 5.91 Å². The lowest BCUT2D eigenvalue weighted by atomic mass is 9.93. The molecule has 1 unspecified atom stereocenters. The Morgan fingerprint density at radius 2 is 2.00 bits per heavy atom. The molecule has 148 valence electrons. The monoisotopic (exact) mass is 375 g/mol. The summed E-state index contributed by atoms with van der Waals surface area (Å²) in [4.78, 5) is 35.9. The van der Waals surface area contributed by atoms with Crippen molar-refractivity contribution in [2.45, 2.75) is 50.7 Å². The van der Waals surface area contributed by atoms with Gasteiger partial charge >= 0.3 is 0 Å². The summed E-state index contributed by atoms with van der Waals surface area (Å²) in [5.74, 6) is -0.104. The number of nitrogens with one attached hydrogen (secondary N) is 1. The Labute approximate surface area is 160 Å². The van der Waals surface area contributed by atoms with Gasteiger partial charge in [-0.2, -0.15) is 0 Å². The average Bonchev–Trinajstić information content (AvgIpc) is 2.85. The van der Waals surface area contributed by atoms with Crippen molar-refractivity contribution >= 4 is 11.8 Å². The van der Waals surface area contributed by atoms with Gasteiger partial charge in [-0.3, -0.25) is 14.6 Å². The Morgan fingerprint density at radius 3 is 2.67 bits per heavy atom. The molecule has 0 saturated carbocycles. The summed E-state index contributed by atoms with van der Waals surface area (Å²) in [6.45, 7) is 5.06. The molecule has 3 rings (SSSR count). The number of piperidine rings is 1. The molecule has 27 heavy (non-hydrogen) atoms. The summed E-state index contributed by atoms with van der Waals surface area (Å²) in [7, 11) is 0. The summed E-state index contributed by atoms with van der Waals surface area (Å²) in [5, 5.41) is 14.1. The first-order chi connectivity index (χ1) is 13.0. The van der Waals surface area contributed by atoms with E-state index in [1.54, 1.807) is 18.0 Å². The number of aliphatic hydroxyl groups is 1. The van der Waals surface area contributed by atoms with Crippen molar-refractivity contribution in [1.29, 1.82) is 0 Å². The van der Waals surface area contributed by atoms with Gasteiger partial charge in [0.2, 0.25) is 5.91 Å². The van der Waals surface area contributed by atoms with Gasteiger partial charge in [-0.1, -0.05) is 0 Å². The highest BCUT2D eigenvalue weighted by atomic mass is 16.3. The van der Waals surface area contributed by atoms with E-state index in [0.717, 1.165) is 32.4 Å². The van der Waals surface area contributed by atoms with Crippen LogP contribution in [-0.4, -0.2) is 81.1 Å². The van der Waals surface area contributed by atoms with E-state index >= 15 is 0 Å². The molecule has 8 heteroatoms. The number of hydrogen-bond donors (Lipinski definition) is 2. The molecular weight excluding hydrogens is 346 g/mol. The van der Waals surface area contributed by atoms with Crippen molar-refractivity contribution in [1.82, 2.24) is 25.1 Å². The zero-order valence-electron chi connectivity index (χ0n) is 15.9. The minimum absolute atomic E-state index is 0.0173. The Hall–Kier alpha value is -2.06. The van der Waals surface area contributed by atoms with Gasteiger partial charge in [0.15, 0.2) is 0 Å². The van der Waals surface area contributed by atoms with E-state index in [0.29, 0.717) is 38.2 Å². The molecule has 0 aliphatic carbocycles. The Morgan fingerprint density at radius 1 is 1.22 bits per heavy atom. The summed E-state index contributed by atoms with van der Waals surface area (Å²) in [6, 6.07) is 0.239. The average molecular weight is 375 g/mol. The van der Waals surface area contributed by atoms with Crippen LogP contribution in [0.1, 0.15) is 49.5 Å². The van der Waals surface area contributed by atoms with Crippen molar-refractivity contribution in [2.24, 2.45) is 0 Å². The SMILES string of the molecule is CC(=O)NC1CCN(CC2(O)CCCN(C(=O)c3cnccn3)CC2)CC1. The van der Waals surface area contributed by atoms with Gasteiger partial charge in [0, 0.05) is 58.1 Å². The second kappa shape index (κ2) is 8.75. The fraction of sp³-hybridized carbons (Fsp3) is 0.684. The standard InChI is InChI=1S/C19H29N5O3/c1-15(25)22-16-3-10-23(11-4-16)14-19(27)5-2-9-24(12-6-19)18(26)17-13-20-7-8-21-17/h7-8,13,16,27H,2-6,9-12,14H2,1H3,(H,22,25). The van der Waals surface area contributed by atoms with Crippen LogP contribution >= 0.6 is 0 Å². The van der Waals surface area contributed by atoms with E-state index in [4.69, 9.17) is 0 Å². The molecule has 2 saturated heterocycles. The number of carbonyl (C=O) groups is 2. The van der Waals surface area contributed by atoms with Gasteiger partial charge in [-0.05, 0) is 32.1 Å². The van der Waals surface area contributed by atoms with Gasteiger partial charge in [0.05, 0.1) is 11.8 Å². The van der Waals surface area contributed by atoms with Crippen molar-refractivity contribution in [2.75, 3.05) is 32.7 Å². The second-order valence-corrected chi connectivity index (χ2v) is 7.71. The number of nitrogens with zero attached hydrogens (tertiary/aromatic N) is 4. The lowest BCUT2D eigenvalue weighted by Gasteiger charge is -2.38. The quantitative estimate of drug-likeness (QED) is 0.792. The number of hydrogen-bond acceptors (Lipinski definition) is 6. The highest BCUT2D eigenvalue weighted by Crippen LogP contribution is 2.25. The minimum Gasteiger partial charge on any atom is -0.388 e. The zero-order valence-corrected chi connectivity index (χ0v) is 15.9. The third-order valence-electron chi connectivity index (χ3n) is 5.50. The van der Waals surface area contributed by atoms with Crippen LogP contribution in [0.3, 0.4) is 0 Å². The minimum atomic E-state index is -0.780. The predicted octanol–water partition coefficient (Wildman–Crippen LogP) is 0.434. The van der Waals surface area contributed by atoms with Crippen LogP contribution in [0.15, 0.2) is 18.6 Å². The number of likely N-dealkylation sites (tertiary alicyclic amines) is 2.